The second-order valence-corrected chi connectivity index (χ2v) is 9.96. The molecule has 1 atom stereocenters. The highest BCUT2D eigenvalue weighted by atomic mass is 35.5. The van der Waals surface area contributed by atoms with Gasteiger partial charge in [0.15, 0.2) is 0 Å². The molecule has 0 aliphatic rings. The third kappa shape index (κ3) is 3.57. The Hall–Kier alpha value is -2.97. The first-order valence-electron chi connectivity index (χ1n) is 10.1. The van der Waals surface area contributed by atoms with E-state index >= 15 is 0 Å². The Labute approximate surface area is 203 Å². The monoisotopic (exact) mass is 495 g/mol. The number of nitrogens with zero attached hydrogens (tertiary/aromatic N) is 4. The van der Waals surface area contributed by atoms with E-state index < -0.39 is 5.54 Å². The molecule has 0 aliphatic carbocycles. The Morgan fingerprint density at radius 1 is 1.00 bits per heavy atom. The van der Waals surface area contributed by atoms with Gasteiger partial charge in [-0.1, -0.05) is 41.4 Å². The van der Waals surface area contributed by atoms with Gasteiger partial charge in [-0.2, -0.15) is 0 Å². The van der Waals surface area contributed by atoms with Crippen molar-refractivity contribution in [3.05, 3.63) is 104 Å². The van der Waals surface area contributed by atoms with Gasteiger partial charge in [-0.3, -0.25) is 4.79 Å². The zero-order valence-corrected chi connectivity index (χ0v) is 20.1. The first-order chi connectivity index (χ1) is 15.8. The van der Waals surface area contributed by atoms with E-state index in [2.05, 4.69) is 9.97 Å². The molecular formula is C24H19Cl2N5OS. The number of hydrogen-bond acceptors (Lipinski definition) is 5. The highest BCUT2D eigenvalue weighted by Crippen LogP contribution is 2.38. The first-order valence-corrected chi connectivity index (χ1v) is 11.6. The largest absolute Gasteiger partial charge is 0.336 e. The van der Waals surface area contributed by atoms with Crippen molar-refractivity contribution in [3.63, 3.8) is 0 Å². The number of hydrogen-bond donors (Lipinski definition) is 1. The fourth-order valence-corrected chi connectivity index (χ4v) is 5.24. The summed E-state index contributed by atoms with van der Waals surface area (Å²) in [7, 11) is 3.66. The molecular weight excluding hydrogens is 477 g/mol. The van der Waals surface area contributed by atoms with Crippen LogP contribution in [0.15, 0.2) is 72.0 Å². The molecule has 9 heteroatoms. The molecule has 0 saturated carbocycles. The molecule has 166 valence electrons. The molecule has 3 aromatic heterocycles. The van der Waals surface area contributed by atoms with Crippen molar-refractivity contribution in [1.82, 2.24) is 19.1 Å². The van der Waals surface area contributed by atoms with E-state index in [4.69, 9.17) is 28.9 Å². The minimum atomic E-state index is -1.02. The molecule has 0 aliphatic heterocycles. The molecule has 3 heterocycles. The van der Waals surface area contributed by atoms with Gasteiger partial charge in [0.2, 0.25) is 0 Å². The Kier molecular flexibility index (Phi) is 5.37. The van der Waals surface area contributed by atoms with Crippen molar-refractivity contribution in [2.24, 2.45) is 19.8 Å². The fourth-order valence-electron chi connectivity index (χ4n) is 4.17. The molecule has 0 fully saturated rings. The Morgan fingerprint density at radius 3 is 2.36 bits per heavy atom. The topological polar surface area (TPSA) is 78.7 Å². The Morgan fingerprint density at radius 2 is 1.73 bits per heavy atom. The summed E-state index contributed by atoms with van der Waals surface area (Å²) in [6.07, 6.45) is 5.08. The highest BCUT2D eigenvalue weighted by molar-refractivity contribution is 7.19. The summed E-state index contributed by atoms with van der Waals surface area (Å²) in [5.74, 6) is 0. The molecule has 5 aromatic rings. The number of fused-ring (bicyclic) bond motifs is 1. The van der Waals surface area contributed by atoms with Crippen LogP contribution in [0.3, 0.4) is 0 Å². The Balaban J connectivity index is 1.83. The third-order valence-corrected chi connectivity index (χ3v) is 7.33. The second-order valence-electron chi connectivity index (χ2n) is 7.86. The smallest absolute Gasteiger partial charge is 0.251 e. The zero-order chi connectivity index (χ0) is 23.3. The standard InChI is InChI=1S/C24H19Cl2N5OS/c1-30-13-28-11-20(30)24(27,14-3-6-16(25)7-4-14)15-5-8-19-17(9-15)18(10-22(32)31(19)2)23-29-12-21(26)33-23/h3-13H,27H2,1-2H3. The van der Waals surface area contributed by atoms with Gasteiger partial charge in [0.05, 0.1) is 29.9 Å². The van der Waals surface area contributed by atoms with Gasteiger partial charge in [0.1, 0.15) is 14.9 Å². The number of benzene rings is 2. The lowest BCUT2D eigenvalue weighted by molar-refractivity contribution is 0.596. The molecule has 1 unspecified atom stereocenters. The number of thiazole rings is 1. The van der Waals surface area contributed by atoms with E-state index in [0.717, 1.165) is 33.3 Å². The van der Waals surface area contributed by atoms with Crippen LogP contribution in [-0.4, -0.2) is 19.1 Å². The number of imidazole rings is 1. The minimum absolute atomic E-state index is 0.125. The molecule has 6 nitrogen and oxygen atoms in total. The van der Waals surface area contributed by atoms with E-state index in [9.17, 15) is 4.79 Å². The zero-order valence-electron chi connectivity index (χ0n) is 17.8. The lowest BCUT2D eigenvalue weighted by atomic mass is 9.80. The van der Waals surface area contributed by atoms with Crippen LogP contribution in [0.4, 0.5) is 0 Å². The summed E-state index contributed by atoms with van der Waals surface area (Å²) >= 11 is 13.6. The van der Waals surface area contributed by atoms with Gasteiger partial charge in [-0.15, -0.1) is 11.3 Å². The van der Waals surface area contributed by atoms with Gasteiger partial charge < -0.3 is 14.9 Å². The van der Waals surface area contributed by atoms with Crippen LogP contribution < -0.4 is 11.3 Å². The summed E-state index contributed by atoms with van der Waals surface area (Å²) in [5, 5.41) is 2.16. The highest BCUT2D eigenvalue weighted by Gasteiger charge is 2.35. The maximum Gasteiger partial charge on any atom is 0.251 e. The maximum atomic E-state index is 12.7. The molecule has 5 rings (SSSR count). The predicted octanol–water partition coefficient (Wildman–Crippen LogP) is 4.95. The van der Waals surface area contributed by atoms with Gasteiger partial charge in [-0.05, 0) is 35.4 Å². The average molecular weight is 496 g/mol. The summed E-state index contributed by atoms with van der Waals surface area (Å²) in [4.78, 5) is 21.4. The average Bonchev–Trinajstić information content (AvgIpc) is 3.44. The van der Waals surface area contributed by atoms with Crippen molar-refractivity contribution in [3.8, 4) is 10.6 Å². The van der Waals surface area contributed by atoms with Crippen molar-refractivity contribution in [2.45, 2.75) is 5.54 Å². The van der Waals surface area contributed by atoms with Crippen LogP contribution in [0.2, 0.25) is 9.36 Å². The lowest BCUT2D eigenvalue weighted by Gasteiger charge is -2.31. The summed E-state index contributed by atoms with van der Waals surface area (Å²) in [5.41, 5.74) is 10.1. The second kappa shape index (κ2) is 8.11. The van der Waals surface area contributed by atoms with Crippen LogP contribution in [-0.2, 0) is 19.6 Å². The van der Waals surface area contributed by atoms with Gasteiger partial charge in [-0.25, -0.2) is 9.97 Å². The van der Waals surface area contributed by atoms with Crippen LogP contribution >= 0.6 is 34.5 Å². The SMILES string of the molecule is Cn1cncc1C(N)(c1ccc(Cl)cc1)c1ccc2c(c1)c(-c1ncc(Cl)s1)cc(=O)n2C. The van der Waals surface area contributed by atoms with E-state index in [1.165, 1.54) is 11.3 Å². The predicted molar refractivity (Wildman–Crippen MR) is 134 cm³/mol. The first kappa shape index (κ1) is 21.9. The summed E-state index contributed by atoms with van der Waals surface area (Å²) < 4.78 is 4.07. The molecule has 0 saturated heterocycles. The normalized spacial score (nSPS) is 13.4. The number of nitrogens with two attached hydrogens (primary N) is 1. The quantitative estimate of drug-likeness (QED) is 0.382. The van der Waals surface area contributed by atoms with Crippen molar-refractivity contribution in [2.75, 3.05) is 0 Å². The van der Waals surface area contributed by atoms with E-state index in [0.29, 0.717) is 14.4 Å². The van der Waals surface area contributed by atoms with Gasteiger partial charge >= 0.3 is 0 Å². The third-order valence-electron chi connectivity index (χ3n) is 5.93. The number of halogens is 2. The summed E-state index contributed by atoms with van der Waals surface area (Å²) in [6, 6.07) is 14.9. The Bertz CT molecular complexity index is 1550. The number of pyridine rings is 1. The number of aromatic nitrogens is 4. The molecule has 0 spiro atoms. The molecule has 2 aromatic carbocycles. The fraction of sp³-hybridized carbons (Fsp3) is 0.125. The van der Waals surface area contributed by atoms with Crippen molar-refractivity contribution in [1.29, 1.82) is 0 Å². The minimum Gasteiger partial charge on any atom is -0.336 e. The van der Waals surface area contributed by atoms with E-state index in [1.807, 2.05) is 54.1 Å². The van der Waals surface area contributed by atoms with Crippen molar-refractivity contribution >= 4 is 45.4 Å². The number of aryl methyl sites for hydroxylation is 2. The van der Waals surface area contributed by atoms with Crippen LogP contribution in [0.25, 0.3) is 21.5 Å². The van der Waals surface area contributed by atoms with E-state index in [1.54, 1.807) is 36.4 Å². The van der Waals surface area contributed by atoms with Crippen LogP contribution in [0, 0.1) is 0 Å². The molecule has 33 heavy (non-hydrogen) atoms. The maximum absolute atomic E-state index is 12.7. The van der Waals surface area contributed by atoms with Gasteiger partial charge in [0, 0.05) is 36.1 Å². The van der Waals surface area contributed by atoms with E-state index in [-0.39, 0.29) is 5.56 Å². The summed E-state index contributed by atoms with van der Waals surface area (Å²) in [6.45, 7) is 0. The lowest BCUT2D eigenvalue weighted by Crippen LogP contribution is -2.41. The van der Waals surface area contributed by atoms with Gasteiger partial charge in [0.25, 0.3) is 5.56 Å². The van der Waals surface area contributed by atoms with Crippen LogP contribution in [0.5, 0.6) is 0 Å². The van der Waals surface area contributed by atoms with Crippen LogP contribution in [0.1, 0.15) is 16.8 Å². The molecule has 2 N–H and O–H groups in total. The molecule has 0 amide bonds. The number of rotatable bonds is 4. The molecule has 0 radical (unpaired) electrons. The van der Waals surface area contributed by atoms with Crippen molar-refractivity contribution < 1.29 is 0 Å². The molecule has 0 bridgehead atoms.